The molecule has 0 amide bonds. The van der Waals surface area contributed by atoms with Gasteiger partial charge in [-0.1, -0.05) is 6.07 Å². The average molecular weight is 298 g/mol. The van der Waals surface area contributed by atoms with Crippen LogP contribution in [0.5, 0.6) is 0 Å². The van der Waals surface area contributed by atoms with Crippen molar-refractivity contribution in [2.75, 3.05) is 18.4 Å². The van der Waals surface area contributed by atoms with Gasteiger partial charge in [-0.05, 0) is 43.0 Å². The van der Waals surface area contributed by atoms with Crippen LogP contribution in [-0.4, -0.2) is 29.0 Å². The number of hydrogen-bond acceptors (Lipinski definition) is 5. The maximum Gasteiger partial charge on any atom is 0.126 e. The van der Waals surface area contributed by atoms with E-state index in [9.17, 15) is 0 Å². The van der Waals surface area contributed by atoms with E-state index in [1.54, 1.807) is 6.20 Å². The van der Waals surface area contributed by atoms with E-state index in [1.807, 2.05) is 23.5 Å². The van der Waals surface area contributed by atoms with Gasteiger partial charge < -0.3 is 5.32 Å². The van der Waals surface area contributed by atoms with Crippen molar-refractivity contribution < 1.29 is 0 Å². The molecule has 3 heterocycles. The van der Waals surface area contributed by atoms with Gasteiger partial charge in [0.1, 0.15) is 11.9 Å². The Kier molecular flexibility index (Phi) is 4.49. The molecule has 1 N–H and O–H groups in total. The Balaban J connectivity index is 1.56. The van der Waals surface area contributed by atoms with Crippen molar-refractivity contribution in [3.05, 3.63) is 46.3 Å². The van der Waals surface area contributed by atoms with Gasteiger partial charge in [0.05, 0.1) is 5.56 Å². The molecule has 0 aromatic carbocycles. The van der Waals surface area contributed by atoms with Gasteiger partial charge in [0.2, 0.25) is 0 Å². The third-order valence-corrected chi connectivity index (χ3v) is 4.57. The summed E-state index contributed by atoms with van der Waals surface area (Å²) in [6.45, 7) is 3.24. The Labute approximate surface area is 129 Å². The van der Waals surface area contributed by atoms with Crippen LogP contribution < -0.4 is 5.32 Å². The van der Waals surface area contributed by atoms with E-state index in [4.69, 9.17) is 5.26 Å². The van der Waals surface area contributed by atoms with Crippen LogP contribution in [0.1, 0.15) is 23.3 Å². The topological polar surface area (TPSA) is 52.0 Å². The van der Waals surface area contributed by atoms with Crippen molar-refractivity contribution in [1.82, 2.24) is 9.88 Å². The van der Waals surface area contributed by atoms with E-state index in [-0.39, 0.29) is 0 Å². The second-order valence-corrected chi connectivity index (χ2v) is 6.37. The number of anilines is 1. The summed E-state index contributed by atoms with van der Waals surface area (Å²) in [6.07, 6.45) is 4.00. The van der Waals surface area contributed by atoms with Crippen LogP contribution in [0.3, 0.4) is 0 Å². The van der Waals surface area contributed by atoms with E-state index in [0.717, 1.165) is 25.5 Å². The second kappa shape index (κ2) is 6.70. The van der Waals surface area contributed by atoms with E-state index >= 15 is 0 Å². The first-order valence-electron chi connectivity index (χ1n) is 7.21. The molecule has 0 aliphatic carbocycles. The molecule has 21 heavy (non-hydrogen) atoms. The molecule has 4 nitrogen and oxygen atoms in total. The highest BCUT2D eigenvalue weighted by Crippen LogP contribution is 2.19. The number of rotatable bonds is 4. The van der Waals surface area contributed by atoms with Crippen LogP contribution in [0.25, 0.3) is 0 Å². The predicted octanol–water partition coefficient (Wildman–Crippen LogP) is 3.09. The van der Waals surface area contributed by atoms with Crippen LogP contribution in [0.15, 0.2) is 35.8 Å². The number of nitriles is 1. The van der Waals surface area contributed by atoms with Crippen LogP contribution in [0, 0.1) is 11.3 Å². The van der Waals surface area contributed by atoms with E-state index < -0.39 is 0 Å². The third kappa shape index (κ3) is 3.81. The number of piperidine rings is 1. The largest absolute Gasteiger partial charge is 0.366 e. The molecular weight excluding hydrogens is 280 g/mol. The molecule has 0 saturated carbocycles. The van der Waals surface area contributed by atoms with Crippen LogP contribution in [0.2, 0.25) is 0 Å². The fourth-order valence-electron chi connectivity index (χ4n) is 2.69. The van der Waals surface area contributed by atoms with Gasteiger partial charge in [-0.25, -0.2) is 4.98 Å². The molecule has 1 aliphatic heterocycles. The molecule has 1 atom stereocenters. The van der Waals surface area contributed by atoms with Gasteiger partial charge in [-0.3, -0.25) is 4.90 Å². The van der Waals surface area contributed by atoms with Crippen LogP contribution in [-0.2, 0) is 6.54 Å². The Morgan fingerprint density at radius 3 is 3.10 bits per heavy atom. The maximum absolute atomic E-state index is 8.79. The Hall–Kier alpha value is -1.90. The summed E-state index contributed by atoms with van der Waals surface area (Å²) in [5, 5.41) is 14.4. The monoisotopic (exact) mass is 298 g/mol. The molecule has 0 bridgehead atoms. The smallest absolute Gasteiger partial charge is 0.126 e. The number of nitrogens with one attached hydrogen (secondary N) is 1. The van der Waals surface area contributed by atoms with Gasteiger partial charge in [0.25, 0.3) is 0 Å². The molecule has 108 valence electrons. The van der Waals surface area contributed by atoms with Crippen molar-refractivity contribution >= 4 is 17.2 Å². The lowest BCUT2D eigenvalue weighted by molar-refractivity contribution is 0.210. The highest BCUT2D eigenvalue weighted by atomic mass is 32.1. The van der Waals surface area contributed by atoms with Gasteiger partial charge >= 0.3 is 0 Å². The van der Waals surface area contributed by atoms with Crippen molar-refractivity contribution in [2.45, 2.75) is 25.4 Å². The molecule has 1 fully saturated rings. The van der Waals surface area contributed by atoms with E-state index in [1.165, 1.54) is 17.7 Å². The summed E-state index contributed by atoms with van der Waals surface area (Å²) in [7, 11) is 0. The third-order valence-electron chi connectivity index (χ3n) is 3.71. The van der Waals surface area contributed by atoms with Gasteiger partial charge in [-0.15, -0.1) is 11.3 Å². The number of thiophene rings is 1. The highest BCUT2D eigenvalue weighted by Gasteiger charge is 2.20. The Bertz CT molecular complexity index is 600. The Morgan fingerprint density at radius 2 is 2.38 bits per heavy atom. The first kappa shape index (κ1) is 14.1. The highest BCUT2D eigenvalue weighted by molar-refractivity contribution is 7.09. The average Bonchev–Trinajstić information content (AvgIpc) is 3.01. The standard InChI is InChI=1S/C16H18N4S/c17-9-13-5-6-16(18-10-13)19-14-3-1-7-20(11-14)12-15-4-2-8-21-15/h2,4-6,8,10,14H,1,3,7,11-12H2,(H,18,19). The first-order valence-corrected chi connectivity index (χ1v) is 8.09. The minimum absolute atomic E-state index is 0.430. The molecule has 1 saturated heterocycles. The SMILES string of the molecule is N#Cc1ccc(NC2CCCN(Cc3cccs3)C2)nc1. The van der Waals surface area contributed by atoms with Gasteiger partial charge in [0.15, 0.2) is 0 Å². The number of pyridine rings is 1. The minimum atomic E-state index is 0.430. The summed E-state index contributed by atoms with van der Waals surface area (Å²) in [4.78, 5) is 8.21. The van der Waals surface area contributed by atoms with Crippen LogP contribution >= 0.6 is 11.3 Å². The van der Waals surface area contributed by atoms with Crippen LogP contribution in [0.4, 0.5) is 5.82 Å². The zero-order valence-corrected chi connectivity index (χ0v) is 12.6. The lowest BCUT2D eigenvalue weighted by Crippen LogP contribution is -2.41. The molecule has 1 aliphatic rings. The lowest BCUT2D eigenvalue weighted by Gasteiger charge is -2.33. The summed E-state index contributed by atoms with van der Waals surface area (Å²) in [5.74, 6) is 0.858. The molecule has 2 aromatic rings. The summed E-state index contributed by atoms with van der Waals surface area (Å²) >= 11 is 1.82. The normalized spacial score (nSPS) is 19.1. The summed E-state index contributed by atoms with van der Waals surface area (Å²) < 4.78 is 0. The van der Waals surface area contributed by atoms with Crippen molar-refractivity contribution in [3.63, 3.8) is 0 Å². The summed E-state index contributed by atoms with van der Waals surface area (Å²) in [6, 6.07) is 10.5. The van der Waals surface area contributed by atoms with E-state index in [2.05, 4.69) is 38.8 Å². The quantitative estimate of drug-likeness (QED) is 0.942. The second-order valence-electron chi connectivity index (χ2n) is 5.34. The zero-order chi connectivity index (χ0) is 14.5. The van der Waals surface area contributed by atoms with Crippen molar-refractivity contribution in [2.24, 2.45) is 0 Å². The number of hydrogen-bond donors (Lipinski definition) is 1. The molecule has 2 aromatic heterocycles. The first-order chi connectivity index (χ1) is 10.3. The van der Waals surface area contributed by atoms with Crippen molar-refractivity contribution in [3.8, 4) is 6.07 Å². The molecule has 0 radical (unpaired) electrons. The molecule has 5 heteroatoms. The predicted molar refractivity (Wildman–Crippen MR) is 85.2 cm³/mol. The summed E-state index contributed by atoms with van der Waals surface area (Å²) in [5.41, 5.74) is 0.600. The minimum Gasteiger partial charge on any atom is -0.366 e. The number of likely N-dealkylation sites (tertiary alicyclic amines) is 1. The number of nitrogens with zero attached hydrogens (tertiary/aromatic N) is 3. The van der Waals surface area contributed by atoms with E-state index in [0.29, 0.717) is 11.6 Å². The molecule has 3 rings (SSSR count). The molecule has 1 unspecified atom stereocenters. The van der Waals surface area contributed by atoms with Gasteiger partial charge in [-0.2, -0.15) is 5.26 Å². The maximum atomic E-state index is 8.79. The molecule has 0 spiro atoms. The fourth-order valence-corrected chi connectivity index (χ4v) is 3.44. The fraction of sp³-hybridized carbons (Fsp3) is 0.375. The Morgan fingerprint density at radius 1 is 1.43 bits per heavy atom. The zero-order valence-electron chi connectivity index (χ0n) is 11.8. The van der Waals surface area contributed by atoms with Gasteiger partial charge in [0, 0.05) is 30.2 Å². The number of aromatic nitrogens is 1. The van der Waals surface area contributed by atoms with Crippen molar-refractivity contribution in [1.29, 1.82) is 5.26 Å². The lowest BCUT2D eigenvalue weighted by atomic mass is 10.1. The molecular formula is C16H18N4S.